The van der Waals surface area contributed by atoms with Crippen molar-refractivity contribution in [1.82, 2.24) is 14.5 Å². The Bertz CT molecular complexity index is 776. The first-order valence-corrected chi connectivity index (χ1v) is 11.8. The van der Waals surface area contributed by atoms with E-state index in [1.54, 1.807) is 12.1 Å². The van der Waals surface area contributed by atoms with E-state index in [4.69, 9.17) is 17.6 Å². The highest BCUT2D eigenvalue weighted by Crippen LogP contribution is 2.21. The molecule has 1 aliphatic heterocycles. The third kappa shape index (κ3) is 5.91. The van der Waals surface area contributed by atoms with Crippen molar-refractivity contribution >= 4 is 33.2 Å². The normalized spacial score (nSPS) is 14.8. The van der Waals surface area contributed by atoms with Gasteiger partial charge in [-0.1, -0.05) is 51.5 Å². The standard InChI is InChI=1S/C20H32N4O2S2/c1-4-5-6-19(27)22-12-11-17-7-9-18(10-8-17)28(25,26)24-14-13-23(20(24)21)15-16(2)3/h7-10,16,21H,4-6,11-15H2,1-3H3,(H,22,27). The van der Waals surface area contributed by atoms with E-state index >= 15 is 0 Å². The second kappa shape index (κ2) is 10.2. The fourth-order valence-electron chi connectivity index (χ4n) is 3.16. The number of thiocarbonyl (C=S) groups is 1. The topological polar surface area (TPSA) is 76.5 Å². The predicted molar refractivity (Wildman–Crippen MR) is 118 cm³/mol. The molecule has 0 unspecified atom stereocenters. The van der Waals surface area contributed by atoms with Crippen LogP contribution in [-0.2, 0) is 16.4 Å². The Morgan fingerprint density at radius 1 is 1.25 bits per heavy atom. The molecule has 1 aliphatic rings. The van der Waals surface area contributed by atoms with E-state index in [0.717, 1.165) is 42.8 Å². The Kier molecular flexibility index (Phi) is 8.24. The molecule has 0 aromatic heterocycles. The molecule has 0 amide bonds. The number of hydrogen-bond acceptors (Lipinski definition) is 4. The van der Waals surface area contributed by atoms with Gasteiger partial charge >= 0.3 is 0 Å². The molecule has 2 N–H and O–H groups in total. The Balaban J connectivity index is 1.95. The number of guanidine groups is 1. The average Bonchev–Trinajstić information content (AvgIpc) is 3.01. The van der Waals surface area contributed by atoms with Crippen molar-refractivity contribution in [2.75, 3.05) is 26.2 Å². The van der Waals surface area contributed by atoms with Crippen molar-refractivity contribution in [3.8, 4) is 0 Å². The summed E-state index contributed by atoms with van der Waals surface area (Å²) < 4.78 is 27.0. The van der Waals surface area contributed by atoms with Crippen LogP contribution in [0.5, 0.6) is 0 Å². The maximum Gasteiger partial charge on any atom is 0.266 e. The molecule has 1 aromatic rings. The smallest absolute Gasteiger partial charge is 0.266 e. The van der Waals surface area contributed by atoms with Gasteiger partial charge in [-0.2, -0.15) is 0 Å². The summed E-state index contributed by atoms with van der Waals surface area (Å²) in [6, 6.07) is 6.96. The van der Waals surface area contributed by atoms with E-state index in [1.165, 1.54) is 4.31 Å². The van der Waals surface area contributed by atoms with E-state index < -0.39 is 10.0 Å². The van der Waals surface area contributed by atoms with Gasteiger partial charge in [0.25, 0.3) is 10.0 Å². The third-order valence-corrected chi connectivity index (χ3v) is 6.85. The van der Waals surface area contributed by atoms with Crippen LogP contribution in [-0.4, -0.2) is 54.8 Å². The van der Waals surface area contributed by atoms with Gasteiger partial charge in [-0.15, -0.1) is 0 Å². The monoisotopic (exact) mass is 424 g/mol. The molecule has 1 aromatic carbocycles. The van der Waals surface area contributed by atoms with Crippen LogP contribution in [0.15, 0.2) is 29.2 Å². The zero-order valence-electron chi connectivity index (χ0n) is 17.1. The van der Waals surface area contributed by atoms with Gasteiger partial charge in [-0.3, -0.25) is 5.41 Å². The summed E-state index contributed by atoms with van der Waals surface area (Å²) >= 11 is 5.29. The molecule has 2 rings (SSSR count). The highest BCUT2D eigenvalue weighted by Gasteiger charge is 2.35. The maximum absolute atomic E-state index is 12.9. The van der Waals surface area contributed by atoms with Gasteiger partial charge in [0, 0.05) is 19.6 Å². The molecule has 1 fully saturated rings. The zero-order chi connectivity index (χ0) is 20.7. The van der Waals surface area contributed by atoms with E-state index in [9.17, 15) is 8.42 Å². The van der Waals surface area contributed by atoms with Crippen LogP contribution in [0.1, 0.15) is 45.6 Å². The van der Waals surface area contributed by atoms with Crippen molar-refractivity contribution in [3.05, 3.63) is 29.8 Å². The largest absolute Gasteiger partial charge is 0.379 e. The Morgan fingerprint density at radius 3 is 2.54 bits per heavy atom. The number of nitrogens with zero attached hydrogens (tertiary/aromatic N) is 2. The second-order valence-corrected chi connectivity index (χ2v) is 9.94. The molecule has 1 saturated heterocycles. The molecule has 0 radical (unpaired) electrons. The van der Waals surface area contributed by atoms with E-state index in [1.807, 2.05) is 17.0 Å². The molecule has 6 nitrogen and oxygen atoms in total. The summed E-state index contributed by atoms with van der Waals surface area (Å²) in [5.74, 6) is 0.452. The summed E-state index contributed by atoms with van der Waals surface area (Å²) in [5, 5.41) is 11.5. The molecular formula is C20H32N4O2S2. The van der Waals surface area contributed by atoms with Crippen molar-refractivity contribution < 1.29 is 8.42 Å². The van der Waals surface area contributed by atoms with Crippen LogP contribution in [0.25, 0.3) is 0 Å². The highest BCUT2D eigenvalue weighted by molar-refractivity contribution is 7.89. The van der Waals surface area contributed by atoms with Crippen molar-refractivity contribution in [2.45, 2.75) is 51.3 Å². The van der Waals surface area contributed by atoms with Crippen LogP contribution < -0.4 is 5.32 Å². The average molecular weight is 425 g/mol. The molecule has 0 saturated carbocycles. The predicted octanol–water partition coefficient (Wildman–Crippen LogP) is 3.23. The second-order valence-electron chi connectivity index (χ2n) is 7.59. The highest BCUT2D eigenvalue weighted by atomic mass is 32.2. The molecule has 8 heteroatoms. The summed E-state index contributed by atoms with van der Waals surface area (Å²) in [6.07, 6.45) is 3.92. The minimum absolute atomic E-state index is 0.0718. The van der Waals surface area contributed by atoms with E-state index in [-0.39, 0.29) is 10.9 Å². The van der Waals surface area contributed by atoms with Crippen molar-refractivity contribution in [1.29, 1.82) is 5.41 Å². The minimum Gasteiger partial charge on any atom is -0.379 e. The molecular weight excluding hydrogens is 392 g/mol. The number of nitrogens with one attached hydrogen (secondary N) is 2. The fraction of sp³-hybridized carbons (Fsp3) is 0.600. The lowest BCUT2D eigenvalue weighted by molar-refractivity contribution is 0.394. The van der Waals surface area contributed by atoms with E-state index in [0.29, 0.717) is 25.6 Å². The van der Waals surface area contributed by atoms with Gasteiger partial charge in [0.2, 0.25) is 5.96 Å². The fourth-order valence-corrected chi connectivity index (χ4v) is 4.81. The number of rotatable bonds is 10. The SMILES string of the molecule is CCCCC(=S)NCCc1ccc(S(=O)(=O)N2CCN(CC(C)C)C2=N)cc1. The summed E-state index contributed by atoms with van der Waals surface area (Å²) in [7, 11) is -3.69. The molecule has 28 heavy (non-hydrogen) atoms. The molecule has 0 bridgehead atoms. The van der Waals surface area contributed by atoms with Crippen LogP contribution in [0.2, 0.25) is 0 Å². The van der Waals surface area contributed by atoms with Crippen LogP contribution in [0.3, 0.4) is 0 Å². The molecule has 156 valence electrons. The van der Waals surface area contributed by atoms with Crippen LogP contribution >= 0.6 is 12.2 Å². The molecule has 0 atom stereocenters. The lowest BCUT2D eigenvalue weighted by atomic mass is 10.1. The maximum atomic E-state index is 12.9. The van der Waals surface area contributed by atoms with Gasteiger partial charge in [-0.25, -0.2) is 12.7 Å². The quantitative estimate of drug-likeness (QED) is 0.564. The molecule has 1 heterocycles. The third-order valence-electron chi connectivity index (χ3n) is 4.70. The van der Waals surface area contributed by atoms with E-state index in [2.05, 4.69) is 26.1 Å². The Morgan fingerprint density at radius 2 is 1.93 bits per heavy atom. The zero-order valence-corrected chi connectivity index (χ0v) is 18.7. The number of unbranched alkanes of at least 4 members (excludes halogenated alkanes) is 1. The van der Waals surface area contributed by atoms with Gasteiger partial charge < -0.3 is 10.2 Å². The first-order chi connectivity index (χ1) is 13.3. The van der Waals surface area contributed by atoms with Crippen molar-refractivity contribution in [2.24, 2.45) is 5.92 Å². The molecule has 0 spiro atoms. The van der Waals surface area contributed by atoms with Gasteiger partial charge in [0.1, 0.15) is 0 Å². The van der Waals surface area contributed by atoms with Gasteiger partial charge in [0.15, 0.2) is 0 Å². The summed E-state index contributed by atoms with van der Waals surface area (Å²) in [5.41, 5.74) is 1.06. The lowest BCUT2D eigenvalue weighted by Crippen LogP contribution is -2.38. The number of hydrogen-bond donors (Lipinski definition) is 2. The Labute approximate surface area is 174 Å². The van der Waals surface area contributed by atoms with Crippen molar-refractivity contribution in [3.63, 3.8) is 0 Å². The Hall–Kier alpha value is -1.67. The number of sulfonamides is 1. The van der Waals surface area contributed by atoms with Gasteiger partial charge in [-0.05, 0) is 42.9 Å². The molecule has 0 aliphatic carbocycles. The van der Waals surface area contributed by atoms with Gasteiger partial charge in [0.05, 0.1) is 16.4 Å². The first kappa shape index (κ1) is 22.6. The summed E-state index contributed by atoms with van der Waals surface area (Å²) in [4.78, 5) is 2.95. The summed E-state index contributed by atoms with van der Waals surface area (Å²) in [6.45, 7) is 8.60. The minimum atomic E-state index is -3.69. The van der Waals surface area contributed by atoms with Crippen LogP contribution in [0.4, 0.5) is 0 Å². The van der Waals surface area contributed by atoms with Crippen LogP contribution in [0, 0.1) is 11.3 Å². The lowest BCUT2D eigenvalue weighted by Gasteiger charge is -2.23. The first-order valence-electron chi connectivity index (χ1n) is 9.97. The number of benzene rings is 1.